The Morgan fingerprint density at radius 3 is 2.65 bits per heavy atom. The Kier molecular flexibility index (Phi) is 4.41. The number of halogens is 3. The molecule has 1 amide bonds. The highest BCUT2D eigenvalue weighted by molar-refractivity contribution is 9.10. The fourth-order valence-corrected chi connectivity index (χ4v) is 3.82. The molecule has 2 rings (SSSR count). The SMILES string of the molecule is CC1CCCN1C(=O)c1cc(Br)cc(S(=O)(=O)Cl)c1F. The van der Waals surface area contributed by atoms with Crippen LogP contribution in [0.4, 0.5) is 4.39 Å². The van der Waals surface area contributed by atoms with Gasteiger partial charge in [0.1, 0.15) is 4.90 Å². The van der Waals surface area contributed by atoms with Gasteiger partial charge in [-0.2, -0.15) is 0 Å². The molecule has 110 valence electrons. The highest BCUT2D eigenvalue weighted by Crippen LogP contribution is 2.29. The van der Waals surface area contributed by atoms with Gasteiger partial charge in [0.15, 0.2) is 5.82 Å². The van der Waals surface area contributed by atoms with E-state index in [2.05, 4.69) is 15.9 Å². The number of likely N-dealkylation sites (tertiary alicyclic amines) is 1. The zero-order chi connectivity index (χ0) is 15.1. The Morgan fingerprint density at radius 1 is 1.50 bits per heavy atom. The molecule has 8 heteroatoms. The molecule has 1 unspecified atom stereocenters. The van der Waals surface area contributed by atoms with Crippen molar-refractivity contribution in [3.05, 3.63) is 28.0 Å². The monoisotopic (exact) mass is 383 g/mol. The largest absolute Gasteiger partial charge is 0.336 e. The number of hydrogen-bond acceptors (Lipinski definition) is 3. The first-order valence-corrected chi connectivity index (χ1v) is 9.06. The van der Waals surface area contributed by atoms with E-state index in [0.29, 0.717) is 6.54 Å². The summed E-state index contributed by atoms with van der Waals surface area (Å²) in [6.45, 7) is 2.41. The minimum Gasteiger partial charge on any atom is -0.336 e. The summed E-state index contributed by atoms with van der Waals surface area (Å²) in [5, 5.41) is 0. The Labute approximate surface area is 129 Å². The molecule has 4 nitrogen and oxygen atoms in total. The summed E-state index contributed by atoms with van der Waals surface area (Å²) in [6, 6.07) is 2.33. The van der Waals surface area contributed by atoms with E-state index in [1.165, 1.54) is 11.0 Å². The van der Waals surface area contributed by atoms with Crippen LogP contribution in [0.15, 0.2) is 21.5 Å². The van der Waals surface area contributed by atoms with Crippen molar-refractivity contribution in [1.82, 2.24) is 4.90 Å². The number of benzene rings is 1. The van der Waals surface area contributed by atoms with E-state index in [1.54, 1.807) is 0 Å². The van der Waals surface area contributed by atoms with Crippen molar-refractivity contribution in [2.75, 3.05) is 6.54 Å². The minimum absolute atomic E-state index is 0.0111. The van der Waals surface area contributed by atoms with Crippen LogP contribution < -0.4 is 0 Å². The summed E-state index contributed by atoms with van der Waals surface area (Å²) in [7, 11) is 0.935. The zero-order valence-electron chi connectivity index (χ0n) is 10.6. The Bertz CT molecular complexity index is 665. The average Bonchev–Trinajstić information content (AvgIpc) is 2.75. The van der Waals surface area contributed by atoms with Crippen LogP contribution in [0.5, 0.6) is 0 Å². The van der Waals surface area contributed by atoms with Gasteiger partial charge in [-0.25, -0.2) is 12.8 Å². The summed E-state index contributed by atoms with van der Waals surface area (Å²) in [5.41, 5.74) is -0.285. The molecular formula is C12H12BrClFNO3S. The first kappa shape index (κ1) is 15.7. The average molecular weight is 385 g/mol. The van der Waals surface area contributed by atoms with Crippen LogP contribution in [-0.2, 0) is 9.05 Å². The molecule has 0 bridgehead atoms. The van der Waals surface area contributed by atoms with E-state index in [1.807, 2.05) is 6.92 Å². The van der Waals surface area contributed by atoms with Gasteiger partial charge in [-0.15, -0.1) is 0 Å². The van der Waals surface area contributed by atoms with Crippen LogP contribution >= 0.6 is 26.6 Å². The smallest absolute Gasteiger partial charge is 0.264 e. The van der Waals surface area contributed by atoms with Gasteiger partial charge < -0.3 is 4.90 Å². The predicted molar refractivity (Wildman–Crippen MR) is 76.9 cm³/mol. The molecule has 1 aliphatic heterocycles. The standard InChI is InChI=1S/C12H12BrClFNO3S/c1-7-3-2-4-16(7)12(17)9-5-8(13)6-10(11(9)15)20(14,18)19/h5-7H,2-4H2,1H3. The van der Waals surface area contributed by atoms with E-state index >= 15 is 0 Å². The van der Waals surface area contributed by atoms with Crippen molar-refractivity contribution >= 4 is 41.6 Å². The predicted octanol–water partition coefficient (Wildman–Crippen LogP) is 3.14. The second kappa shape index (κ2) is 5.61. The minimum atomic E-state index is -4.25. The molecule has 1 atom stereocenters. The van der Waals surface area contributed by atoms with Crippen LogP contribution in [0.1, 0.15) is 30.1 Å². The van der Waals surface area contributed by atoms with E-state index in [4.69, 9.17) is 10.7 Å². The lowest BCUT2D eigenvalue weighted by molar-refractivity contribution is 0.0742. The molecule has 0 saturated carbocycles. The quantitative estimate of drug-likeness (QED) is 0.736. The third kappa shape index (κ3) is 2.99. The van der Waals surface area contributed by atoms with Crippen molar-refractivity contribution in [3.63, 3.8) is 0 Å². The molecule has 20 heavy (non-hydrogen) atoms. The van der Waals surface area contributed by atoms with Crippen molar-refractivity contribution in [1.29, 1.82) is 0 Å². The molecular weight excluding hydrogens is 373 g/mol. The molecule has 1 saturated heterocycles. The number of rotatable bonds is 2. The van der Waals surface area contributed by atoms with Gasteiger partial charge in [0, 0.05) is 27.7 Å². The molecule has 1 aromatic rings. The van der Waals surface area contributed by atoms with E-state index in [-0.39, 0.29) is 16.1 Å². The van der Waals surface area contributed by atoms with Crippen LogP contribution in [0.2, 0.25) is 0 Å². The van der Waals surface area contributed by atoms with Crippen molar-refractivity contribution in [2.24, 2.45) is 0 Å². The lowest BCUT2D eigenvalue weighted by atomic mass is 10.1. The first-order chi connectivity index (χ1) is 9.21. The third-order valence-corrected chi connectivity index (χ3v) is 5.09. The Hall–Kier alpha value is -0.660. The maximum Gasteiger partial charge on any atom is 0.264 e. The topological polar surface area (TPSA) is 54.5 Å². The fourth-order valence-electron chi connectivity index (χ4n) is 2.29. The van der Waals surface area contributed by atoms with Crippen molar-refractivity contribution in [3.8, 4) is 0 Å². The van der Waals surface area contributed by atoms with Gasteiger partial charge in [-0.1, -0.05) is 15.9 Å². The van der Waals surface area contributed by atoms with Crippen LogP contribution in [0.3, 0.4) is 0 Å². The third-order valence-electron chi connectivity index (χ3n) is 3.31. The van der Waals surface area contributed by atoms with E-state index < -0.39 is 25.7 Å². The van der Waals surface area contributed by atoms with Gasteiger partial charge in [-0.05, 0) is 31.9 Å². The Balaban J connectivity index is 2.52. The zero-order valence-corrected chi connectivity index (χ0v) is 13.7. The van der Waals surface area contributed by atoms with Gasteiger partial charge in [0.25, 0.3) is 15.0 Å². The maximum absolute atomic E-state index is 14.2. The number of amides is 1. The van der Waals surface area contributed by atoms with Crippen LogP contribution in [0.25, 0.3) is 0 Å². The van der Waals surface area contributed by atoms with E-state index in [9.17, 15) is 17.6 Å². The summed E-state index contributed by atoms with van der Waals surface area (Å²) >= 11 is 3.07. The summed E-state index contributed by atoms with van der Waals surface area (Å²) in [4.78, 5) is 13.2. The highest BCUT2D eigenvalue weighted by atomic mass is 79.9. The van der Waals surface area contributed by atoms with Gasteiger partial charge >= 0.3 is 0 Å². The summed E-state index contributed by atoms with van der Waals surface area (Å²) in [6.07, 6.45) is 1.70. The maximum atomic E-state index is 14.2. The van der Waals surface area contributed by atoms with Gasteiger partial charge in [-0.3, -0.25) is 4.79 Å². The first-order valence-electron chi connectivity index (χ1n) is 5.96. The van der Waals surface area contributed by atoms with Crippen molar-refractivity contribution < 1.29 is 17.6 Å². The Morgan fingerprint density at radius 2 is 2.15 bits per heavy atom. The van der Waals surface area contributed by atoms with Crippen LogP contribution in [0, 0.1) is 5.82 Å². The highest BCUT2D eigenvalue weighted by Gasteiger charge is 2.30. The lowest BCUT2D eigenvalue weighted by Gasteiger charge is -2.22. The molecule has 0 aromatic heterocycles. The normalized spacial score (nSPS) is 19.4. The van der Waals surface area contributed by atoms with Gasteiger partial charge in [0.05, 0.1) is 5.56 Å². The molecule has 1 heterocycles. The molecule has 0 radical (unpaired) electrons. The summed E-state index contributed by atoms with van der Waals surface area (Å²) < 4.78 is 37.2. The summed E-state index contributed by atoms with van der Waals surface area (Å²) in [5.74, 6) is -1.62. The second-order valence-corrected chi connectivity index (χ2v) is 8.14. The van der Waals surface area contributed by atoms with Crippen molar-refractivity contribution in [2.45, 2.75) is 30.7 Å². The second-order valence-electron chi connectivity index (χ2n) is 4.69. The molecule has 1 aliphatic rings. The molecule has 0 spiro atoms. The molecule has 1 aromatic carbocycles. The van der Waals surface area contributed by atoms with E-state index in [0.717, 1.165) is 18.9 Å². The van der Waals surface area contributed by atoms with Crippen LogP contribution in [-0.4, -0.2) is 31.8 Å². The number of carbonyl (C=O) groups is 1. The molecule has 1 fully saturated rings. The number of hydrogen-bond donors (Lipinski definition) is 0. The molecule has 0 aliphatic carbocycles. The number of carbonyl (C=O) groups excluding carboxylic acids is 1. The van der Waals surface area contributed by atoms with Gasteiger partial charge in [0.2, 0.25) is 0 Å². The lowest BCUT2D eigenvalue weighted by Crippen LogP contribution is -2.34. The molecule has 0 N–H and O–H groups in total. The number of nitrogens with zero attached hydrogens (tertiary/aromatic N) is 1. The fraction of sp³-hybridized carbons (Fsp3) is 0.417.